The molecule has 7 heteroatoms. The Labute approximate surface area is 124 Å². The summed E-state index contributed by atoms with van der Waals surface area (Å²) in [4.78, 5) is 0.807. The third-order valence-corrected chi connectivity index (χ3v) is 3.66. The molecule has 0 bridgehead atoms. The van der Waals surface area contributed by atoms with E-state index in [0.717, 1.165) is 17.0 Å². The van der Waals surface area contributed by atoms with Crippen molar-refractivity contribution in [2.75, 3.05) is 7.11 Å². The van der Waals surface area contributed by atoms with E-state index < -0.39 is 17.8 Å². The number of benzene rings is 1. The van der Waals surface area contributed by atoms with Gasteiger partial charge in [0.1, 0.15) is 5.75 Å². The third-order valence-electron chi connectivity index (χ3n) is 2.70. The summed E-state index contributed by atoms with van der Waals surface area (Å²) in [6.45, 7) is 0. The van der Waals surface area contributed by atoms with Crippen LogP contribution in [0.4, 0.5) is 13.2 Å². The van der Waals surface area contributed by atoms with E-state index >= 15 is 0 Å². The Kier molecular flexibility index (Phi) is 5.44. The van der Waals surface area contributed by atoms with Crippen LogP contribution < -0.4 is 10.5 Å². The van der Waals surface area contributed by atoms with Crippen molar-refractivity contribution >= 4 is 23.7 Å². The summed E-state index contributed by atoms with van der Waals surface area (Å²) in [6.07, 6.45) is -4.42. The fourth-order valence-electron chi connectivity index (χ4n) is 1.72. The highest BCUT2D eigenvalue weighted by Gasteiger charge is 2.32. The highest BCUT2D eigenvalue weighted by atomic mass is 35.5. The molecule has 1 aromatic carbocycles. The number of methoxy groups -OCH3 is 1. The second-order valence-corrected chi connectivity index (χ2v) is 4.96. The van der Waals surface area contributed by atoms with Crippen LogP contribution in [-0.2, 0) is 6.18 Å². The predicted octanol–water partition coefficient (Wildman–Crippen LogP) is 4.25. The van der Waals surface area contributed by atoms with E-state index in [9.17, 15) is 13.2 Å². The van der Waals surface area contributed by atoms with Crippen LogP contribution in [0.2, 0.25) is 0 Å². The fraction of sp³-hybridized carbons (Fsp3) is 0.231. The molecule has 0 radical (unpaired) electrons. The van der Waals surface area contributed by atoms with Gasteiger partial charge in [-0.25, -0.2) is 0 Å². The molecular formula is C13H13ClF3NOS. The zero-order chi connectivity index (χ0) is 14.0. The number of thiophene rings is 1. The molecule has 110 valence electrons. The van der Waals surface area contributed by atoms with Gasteiger partial charge < -0.3 is 10.5 Å². The zero-order valence-corrected chi connectivity index (χ0v) is 12.1. The smallest absolute Gasteiger partial charge is 0.416 e. The van der Waals surface area contributed by atoms with Gasteiger partial charge in [-0.2, -0.15) is 13.2 Å². The lowest BCUT2D eigenvalue weighted by molar-refractivity contribution is -0.137. The lowest BCUT2D eigenvalue weighted by atomic mass is 10.0. The van der Waals surface area contributed by atoms with Crippen molar-refractivity contribution < 1.29 is 17.9 Å². The van der Waals surface area contributed by atoms with Crippen molar-refractivity contribution in [2.24, 2.45) is 5.73 Å². The molecule has 0 fully saturated rings. The largest absolute Gasteiger partial charge is 0.497 e. The van der Waals surface area contributed by atoms with Crippen LogP contribution >= 0.6 is 23.7 Å². The van der Waals surface area contributed by atoms with Crippen molar-refractivity contribution in [1.82, 2.24) is 0 Å². The number of rotatable bonds is 3. The van der Waals surface area contributed by atoms with Gasteiger partial charge in [-0.3, -0.25) is 0 Å². The summed E-state index contributed by atoms with van der Waals surface area (Å²) < 4.78 is 43.3. The first-order chi connectivity index (χ1) is 8.91. The minimum Gasteiger partial charge on any atom is -0.497 e. The predicted molar refractivity (Wildman–Crippen MR) is 75.6 cm³/mol. The second-order valence-electron chi connectivity index (χ2n) is 3.99. The van der Waals surface area contributed by atoms with E-state index in [-0.39, 0.29) is 18.2 Å². The first-order valence-corrected chi connectivity index (χ1v) is 6.35. The maximum Gasteiger partial charge on any atom is 0.416 e. The molecule has 2 rings (SSSR count). The van der Waals surface area contributed by atoms with E-state index in [1.807, 2.05) is 11.4 Å². The molecule has 2 N–H and O–H groups in total. The average molecular weight is 324 g/mol. The molecule has 1 aromatic heterocycles. The first-order valence-electron chi connectivity index (χ1n) is 5.47. The Morgan fingerprint density at radius 1 is 1.25 bits per heavy atom. The number of ether oxygens (including phenoxy) is 1. The van der Waals surface area contributed by atoms with Gasteiger partial charge in [0.25, 0.3) is 0 Å². The molecule has 2 nitrogen and oxygen atoms in total. The van der Waals surface area contributed by atoms with E-state index in [1.54, 1.807) is 6.07 Å². The molecule has 0 spiro atoms. The van der Waals surface area contributed by atoms with Crippen molar-refractivity contribution in [3.8, 4) is 5.75 Å². The molecule has 0 unspecified atom stereocenters. The van der Waals surface area contributed by atoms with Crippen LogP contribution in [0.1, 0.15) is 22.0 Å². The normalized spacial score (nSPS) is 12.7. The van der Waals surface area contributed by atoms with Gasteiger partial charge in [-0.1, -0.05) is 6.07 Å². The van der Waals surface area contributed by atoms with Gasteiger partial charge in [0.05, 0.1) is 18.7 Å². The van der Waals surface area contributed by atoms with Gasteiger partial charge in [0.2, 0.25) is 0 Å². The number of hydrogen-bond donors (Lipinski definition) is 1. The van der Waals surface area contributed by atoms with E-state index in [1.165, 1.54) is 24.5 Å². The monoisotopic (exact) mass is 323 g/mol. The molecule has 0 saturated carbocycles. The fourth-order valence-corrected chi connectivity index (χ4v) is 2.47. The number of alkyl halides is 3. The summed E-state index contributed by atoms with van der Waals surface area (Å²) in [5, 5.41) is 1.83. The van der Waals surface area contributed by atoms with Crippen molar-refractivity contribution in [3.05, 3.63) is 51.7 Å². The van der Waals surface area contributed by atoms with Crippen LogP contribution in [0.3, 0.4) is 0 Å². The van der Waals surface area contributed by atoms with Gasteiger partial charge in [-0.15, -0.1) is 23.7 Å². The molecular weight excluding hydrogens is 311 g/mol. The third kappa shape index (κ3) is 3.65. The standard InChI is InChI=1S/C13H12F3NOS.ClH/c1-18-10-6-8(5-9(7-10)13(14,15)16)12(17)11-3-2-4-19-11;/h2-7,12H,17H2,1H3;1H/t12-;/m1./s1. The Bertz CT molecular complexity index is 557. The summed E-state index contributed by atoms with van der Waals surface area (Å²) in [6, 6.07) is 6.57. The molecule has 1 atom stereocenters. The Hall–Kier alpha value is -1.24. The minimum absolute atomic E-state index is 0. The summed E-state index contributed by atoms with van der Waals surface area (Å²) >= 11 is 1.41. The second kappa shape index (κ2) is 6.47. The summed E-state index contributed by atoms with van der Waals surface area (Å²) in [5.74, 6) is 0.150. The molecule has 0 aliphatic rings. The van der Waals surface area contributed by atoms with Gasteiger partial charge in [-0.05, 0) is 35.2 Å². The van der Waals surface area contributed by atoms with Gasteiger partial charge in [0.15, 0.2) is 0 Å². The van der Waals surface area contributed by atoms with Crippen LogP contribution in [0.25, 0.3) is 0 Å². The maximum absolute atomic E-state index is 12.8. The topological polar surface area (TPSA) is 35.2 Å². The lowest BCUT2D eigenvalue weighted by Crippen LogP contribution is -2.13. The van der Waals surface area contributed by atoms with Crippen LogP contribution in [-0.4, -0.2) is 7.11 Å². The van der Waals surface area contributed by atoms with E-state index in [0.29, 0.717) is 5.56 Å². The molecule has 0 aliphatic heterocycles. The molecule has 2 aromatic rings. The average Bonchev–Trinajstić information content (AvgIpc) is 2.90. The number of nitrogens with two attached hydrogens (primary N) is 1. The Morgan fingerprint density at radius 2 is 1.95 bits per heavy atom. The maximum atomic E-state index is 12.8. The summed E-state index contributed by atoms with van der Waals surface area (Å²) in [5.41, 5.74) is 5.61. The van der Waals surface area contributed by atoms with E-state index in [2.05, 4.69) is 0 Å². The minimum atomic E-state index is -4.42. The summed E-state index contributed by atoms with van der Waals surface area (Å²) in [7, 11) is 1.33. The first kappa shape index (κ1) is 16.8. The zero-order valence-electron chi connectivity index (χ0n) is 10.5. The van der Waals surface area contributed by atoms with Crippen LogP contribution in [0.5, 0.6) is 5.75 Å². The van der Waals surface area contributed by atoms with Crippen molar-refractivity contribution in [2.45, 2.75) is 12.2 Å². The van der Waals surface area contributed by atoms with Gasteiger partial charge >= 0.3 is 6.18 Å². The number of hydrogen-bond acceptors (Lipinski definition) is 3. The Balaban J connectivity index is 0.00000200. The molecule has 0 amide bonds. The van der Waals surface area contributed by atoms with Crippen molar-refractivity contribution in [1.29, 1.82) is 0 Å². The van der Waals surface area contributed by atoms with Crippen LogP contribution in [0.15, 0.2) is 35.7 Å². The van der Waals surface area contributed by atoms with Crippen LogP contribution in [0, 0.1) is 0 Å². The number of halogens is 4. The molecule has 0 saturated heterocycles. The molecule has 20 heavy (non-hydrogen) atoms. The Morgan fingerprint density at radius 3 is 2.45 bits per heavy atom. The van der Waals surface area contributed by atoms with E-state index in [4.69, 9.17) is 10.5 Å². The highest BCUT2D eigenvalue weighted by Crippen LogP contribution is 2.35. The highest BCUT2D eigenvalue weighted by molar-refractivity contribution is 7.10. The molecule has 0 aliphatic carbocycles. The van der Waals surface area contributed by atoms with Gasteiger partial charge in [0, 0.05) is 4.88 Å². The molecule has 1 heterocycles. The lowest BCUT2D eigenvalue weighted by Gasteiger charge is -2.15. The van der Waals surface area contributed by atoms with Crippen molar-refractivity contribution in [3.63, 3.8) is 0 Å². The SMILES string of the molecule is COc1cc([C@@H](N)c2cccs2)cc(C(F)(F)F)c1.Cl. The quantitative estimate of drug-likeness (QED) is 0.916.